The maximum Gasteiger partial charge on any atom is 0.270 e. The van der Waals surface area contributed by atoms with Crippen LogP contribution in [0, 0.1) is 0 Å². The largest absolute Gasteiger partial charge is 0.366 e. The monoisotopic (exact) mass is 250 g/mol. The molecular formula is C12H18N4O2. The number of nitrogens with two attached hydrogens (primary N) is 1. The Morgan fingerprint density at radius 1 is 1.33 bits per heavy atom. The molecule has 1 aliphatic heterocycles. The Bertz CT molecular complexity index is 458. The number of aromatic nitrogens is 1. The third-order valence-corrected chi connectivity index (χ3v) is 3.04. The van der Waals surface area contributed by atoms with Gasteiger partial charge in [-0.1, -0.05) is 0 Å². The molecule has 1 aromatic heterocycles. The molecule has 1 aliphatic rings. The summed E-state index contributed by atoms with van der Waals surface area (Å²) >= 11 is 0. The molecule has 2 atom stereocenters. The Hall–Kier alpha value is -1.82. The van der Waals surface area contributed by atoms with Gasteiger partial charge >= 0.3 is 0 Å². The fourth-order valence-corrected chi connectivity index (χ4v) is 2.32. The molecule has 0 aliphatic carbocycles. The van der Waals surface area contributed by atoms with E-state index in [9.17, 15) is 9.59 Å². The van der Waals surface area contributed by atoms with Gasteiger partial charge in [0.2, 0.25) is 5.91 Å². The fraction of sp³-hybridized carbons (Fsp3) is 0.500. The molecule has 98 valence electrons. The smallest absolute Gasteiger partial charge is 0.270 e. The summed E-state index contributed by atoms with van der Waals surface area (Å²) in [5.74, 6) is -0.630. The molecule has 18 heavy (non-hydrogen) atoms. The fourth-order valence-electron chi connectivity index (χ4n) is 2.32. The zero-order valence-corrected chi connectivity index (χ0v) is 10.6. The highest BCUT2D eigenvalue weighted by atomic mass is 16.2. The van der Waals surface area contributed by atoms with Gasteiger partial charge in [-0.3, -0.25) is 9.59 Å². The molecule has 2 heterocycles. The van der Waals surface area contributed by atoms with Gasteiger partial charge in [0.05, 0.1) is 5.56 Å². The zero-order chi connectivity index (χ0) is 13.3. The predicted molar refractivity (Wildman–Crippen MR) is 67.3 cm³/mol. The normalized spacial score (nSPS) is 24.0. The Labute approximate surface area is 106 Å². The van der Waals surface area contributed by atoms with Crippen molar-refractivity contribution in [2.45, 2.75) is 25.9 Å². The van der Waals surface area contributed by atoms with Crippen LogP contribution in [0.25, 0.3) is 0 Å². The zero-order valence-electron chi connectivity index (χ0n) is 10.6. The number of hydrogen-bond acceptors (Lipinski definition) is 3. The lowest BCUT2D eigenvalue weighted by Gasteiger charge is -2.35. The van der Waals surface area contributed by atoms with E-state index in [1.165, 1.54) is 12.3 Å². The Balaban J connectivity index is 2.12. The van der Waals surface area contributed by atoms with Gasteiger partial charge in [-0.2, -0.15) is 0 Å². The summed E-state index contributed by atoms with van der Waals surface area (Å²) in [5, 5.41) is 3.36. The first-order chi connectivity index (χ1) is 8.47. The molecule has 2 unspecified atom stereocenters. The van der Waals surface area contributed by atoms with Crippen LogP contribution in [0.15, 0.2) is 12.3 Å². The van der Waals surface area contributed by atoms with E-state index in [1.54, 1.807) is 4.90 Å². The van der Waals surface area contributed by atoms with Crippen LogP contribution in [0.1, 0.15) is 34.7 Å². The molecule has 4 N–H and O–H groups in total. The van der Waals surface area contributed by atoms with E-state index in [0.717, 1.165) is 0 Å². The standard InChI is InChI=1S/C12H18N4O2/c1-7-5-16(6-8(2)15-7)12(18)10-3-9(4-14-10)11(13)17/h3-4,7-8,14-15H,5-6H2,1-2H3,(H2,13,17). The number of carbonyl (C=O) groups is 2. The number of carbonyl (C=O) groups excluding carboxylic acids is 2. The van der Waals surface area contributed by atoms with Crippen LogP contribution >= 0.6 is 0 Å². The molecule has 0 spiro atoms. The molecule has 0 radical (unpaired) electrons. The Morgan fingerprint density at radius 3 is 2.44 bits per heavy atom. The van der Waals surface area contributed by atoms with Gasteiger partial charge in [0.15, 0.2) is 0 Å². The van der Waals surface area contributed by atoms with Crippen molar-refractivity contribution in [3.8, 4) is 0 Å². The molecule has 6 nitrogen and oxygen atoms in total. The number of nitrogens with one attached hydrogen (secondary N) is 2. The summed E-state index contributed by atoms with van der Waals surface area (Å²) in [4.78, 5) is 27.8. The van der Waals surface area contributed by atoms with E-state index in [4.69, 9.17) is 5.73 Å². The molecule has 2 rings (SSSR count). The number of primary amides is 1. The van der Waals surface area contributed by atoms with Crippen LogP contribution in [-0.2, 0) is 0 Å². The maximum atomic E-state index is 12.2. The molecule has 0 saturated carbocycles. The van der Waals surface area contributed by atoms with Crippen LogP contribution in [0.5, 0.6) is 0 Å². The summed E-state index contributed by atoms with van der Waals surface area (Å²) in [6, 6.07) is 2.04. The number of piperazine rings is 1. The summed E-state index contributed by atoms with van der Waals surface area (Å²) in [5.41, 5.74) is 5.89. The van der Waals surface area contributed by atoms with E-state index in [1.807, 2.05) is 13.8 Å². The lowest BCUT2D eigenvalue weighted by Crippen LogP contribution is -2.55. The minimum absolute atomic E-state index is 0.0947. The van der Waals surface area contributed by atoms with E-state index >= 15 is 0 Å². The minimum Gasteiger partial charge on any atom is -0.366 e. The lowest BCUT2D eigenvalue weighted by atomic mass is 10.1. The first-order valence-electron chi connectivity index (χ1n) is 6.01. The molecule has 2 amide bonds. The number of aromatic amines is 1. The topological polar surface area (TPSA) is 91.2 Å². The third kappa shape index (κ3) is 2.53. The van der Waals surface area contributed by atoms with Crippen molar-refractivity contribution in [3.05, 3.63) is 23.5 Å². The quantitative estimate of drug-likeness (QED) is 0.686. The summed E-state index contributed by atoms with van der Waals surface area (Å²) in [6.07, 6.45) is 1.46. The van der Waals surface area contributed by atoms with Crippen LogP contribution in [-0.4, -0.2) is 46.9 Å². The molecule has 0 aromatic carbocycles. The molecule has 6 heteroatoms. The highest BCUT2D eigenvalue weighted by Gasteiger charge is 2.26. The molecule has 0 bridgehead atoms. The highest BCUT2D eigenvalue weighted by molar-refractivity contribution is 5.98. The second kappa shape index (κ2) is 4.81. The Morgan fingerprint density at radius 2 is 1.94 bits per heavy atom. The molecule has 1 fully saturated rings. The van der Waals surface area contributed by atoms with Gasteiger partial charge in [-0.15, -0.1) is 0 Å². The summed E-state index contributed by atoms with van der Waals surface area (Å²) < 4.78 is 0. The number of rotatable bonds is 2. The van der Waals surface area contributed by atoms with Crippen LogP contribution in [0.2, 0.25) is 0 Å². The van der Waals surface area contributed by atoms with Gasteiger partial charge in [0.1, 0.15) is 5.69 Å². The average molecular weight is 250 g/mol. The van der Waals surface area contributed by atoms with Gasteiger partial charge in [0, 0.05) is 31.4 Å². The van der Waals surface area contributed by atoms with E-state index in [0.29, 0.717) is 24.3 Å². The second-order valence-corrected chi connectivity index (χ2v) is 4.85. The van der Waals surface area contributed by atoms with Crippen molar-refractivity contribution in [2.75, 3.05) is 13.1 Å². The number of H-pyrrole nitrogens is 1. The van der Waals surface area contributed by atoms with Gasteiger partial charge in [-0.25, -0.2) is 0 Å². The van der Waals surface area contributed by atoms with Crippen molar-refractivity contribution < 1.29 is 9.59 Å². The SMILES string of the molecule is CC1CN(C(=O)c2cc(C(N)=O)c[nH]2)CC(C)N1. The first kappa shape index (κ1) is 12.6. The van der Waals surface area contributed by atoms with E-state index < -0.39 is 5.91 Å². The highest BCUT2D eigenvalue weighted by Crippen LogP contribution is 2.11. The minimum atomic E-state index is -0.535. The molecule has 1 saturated heterocycles. The average Bonchev–Trinajstić information content (AvgIpc) is 2.75. The van der Waals surface area contributed by atoms with Crippen molar-refractivity contribution in [1.29, 1.82) is 0 Å². The van der Waals surface area contributed by atoms with Crippen LogP contribution in [0.4, 0.5) is 0 Å². The number of amides is 2. The molecular weight excluding hydrogens is 232 g/mol. The first-order valence-corrected chi connectivity index (χ1v) is 6.01. The maximum absolute atomic E-state index is 12.2. The second-order valence-electron chi connectivity index (χ2n) is 4.85. The number of nitrogens with zero attached hydrogens (tertiary/aromatic N) is 1. The van der Waals surface area contributed by atoms with Gasteiger partial charge in [0.25, 0.3) is 5.91 Å². The van der Waals surface area contributed by atoms with Gasteiger partial charge in [-0.05, 0) is 19.9 Å². The van der Waals surface area contributed by atoms with E-state index in [2.05, 4.69) is 10.3 Å². The summed E-state index contributed by atoms with van der Waals surface area (Å²) in [7, 11) is 0. The van der Waals surface area contributed by atoms with Crippen molar-refractivity contribution in [1.82, 2.24) is 15.2 Å². The van der Waals surface area contributed by atoms with Gasteiger partial charge < -0.3 is 20.9 Å². The third-order valence-electron chi connectivity index (χ3n) is 3.04. The van der Waals surface area contributed by atoms with Crippen molar-refractivity contribution in [2.24, 2.45) is 5.73 Å². The van der Waals surface area contributed by atoms with Crippen LogP contribution < -0.4 is 11.1 Å². The lowest BCUT2D eigenvalue weighted by molar-refractivity contribution is 0.0668. The molecule has 1 aromatic rings. The van der Waals surface area contributed by atoms with Crippen molar-refractivity contribution in [3.63, 3.8) is 0 Å². The Kier molecular flexibility index (Phi) is 3.38. The predicted octanol–water partition coefficient (Wildman–Crippen LogP) is -0.0640. The van der Waals surface area contributed by atoms with Crippen LogP contribution in [0.3, 0.4) is 0 Å². The van der Waals surface area contributed by atoms with Crippen molar-refractivity contribution >= 4 is 11.8 Å². The number of hydrogen-bond donors (Lipinski definition) is 3. The summed E-state index contributed by atoms with van der Waals surface area (Å²) in [6.45, 7) is 5.40. The van der Waals surface area contributed by atoms with E-state index in [-0.39, 0.29) is 18.0 Å².